The van der Waals surface area contributed by atoms with Crippen LogP contribution in [-0.2, 0) is 11.2 Å². The van der Waals surface area contributed by atoms with Gasteiger partial charge in [0.25, 0.3) is 0 Å². The molecule has 2 rings (SSSR count). The Labute approximate surface area is 132 Å². The minimum Gasteiger partial charge on any atom is -0.399 e. The Hall–Kier alpha value is -0.970. The molecule has 1 aliphatic rings. The van der Waals surface area contributed by atoms with Gasteiger partial charge in [-0.05, 0) is 43.6 Å². The molecule has 20 heavy (non-hydrogen) atoms. The van der Waals surface area contributed by atoms with Crippen LogP contribution in [0.2, 0.25) is 0 Å². The van der Waals surface area contributed by atoms with Gasteiger partial charge in [0, 0.05) is 18.8 Å². The van der Waals surface area contributed by atoms with Crippen molar-refractivity contribution in [3.05, 3.63) is 29.8 Å². The Balaban J connectivity index is 0.00000180. The lowest BCUT2D eigenvalue weighted by Gasteiger charge is -2.14. The van der Waals surface area contributed by atoms with Crippen LogP contribution < -0.4 is 11.1 Å². The highest BCUT2D eigenvalue weighted by Gasteiger charge is 2.11. The van der Waals surface area contributed by atoms with E-state index in [1.165, 1.54) is 25.9 Å². The predicted octanol–water partition coefficient (Wildman–Crippen LogP) is 1.87. The molecule has 1 aromatic rings. The topological polar surface area (TPSA) is 58.4 Å². The quantitative estimate of drug-likeness (QED) is 0.814. The molecule has 4 nitrogen and oxygen atoms in total. The molecule has 3 N–H and O–H groups in total. The van der Waals surface area contributed by atoms with Gasteiger partial charge in [-0.25, -0.2) is 0 Å². The Bertz CT molecular complexity index is 392. The summed E-state index contributed by atoms with van der Waals surface area (Å²) in [5.41, 5.74) is 7.33. The number of carbonyl (C=O) groups is 1. The highest BCUT2D eigenvalue weighted by Crippen LogP contribution is 2.07. The third-order valence-corrected chi connectivity index (χ3v) is 3.29. The first-order valence-electron chi connectivity index (χ1n) is 6.57. The fourth-order valence-corrected chi connectivity index (χ4v) is 2.24. The number of hydrogen-bond acceptors (Lipinski definition) is 3. The van der Waals surface area contributed by atoms with Crippen molar-refractivity contribution in [1.82, 2.24) is 10.2 Å². The number of halogens is 2. The van der Waals surface area contributed by atoms with Gasteiger partial charge in [0.2, 0.25) is 5.91 Å². The Kier molecular flexibility index (Phi) is 9.38. The van der Waals surface area contributed by atoms with E-state index in [0.29, 0.717) is 6.42 Å². The summed E-state index contributed by atoms with van der Waals surface area (Å²) in [5.74, 6) is 0.0824. The third kappa shape index (κ3) is 6.46. The number of nitrogen functional groups attached to an aromatic ring is 1. The first-order chi connectivity index (χ1) is 8.74. The van der Waals surface area contributed by atoms with E-state index in [0.717, 1.165) is 24.3 Å². The summed E-state index contributed by atoms with van der Waals surface area (Å²) >= 11 is 0. The molecule has 1 saturated heterocycles. The highest BCUT2D eigenvalue weighted by molar-refractivity contribution is 5.85. The van der Waals surface area contributed by atoms with Gasteiger partial charge in [-0.15, -0.1) is 24.8 Å². The zero-order chi connectivity index (χ0) is 12.8. The molecular formula is C14H23Cl2N3O. The van der Waals surface area contributed by atoms with E-state index >= 15 is 0 Å². The summed E-state index contributed by atoms with van der Waals surface area (Å²) in [6.45, 7) is 4.06. The number of nitrogens with two attached hydrogens (primary N) is 1. The van der Waals surface area contributed by atoms with E-state index in [9.17, 15) is 4.79 Å². The highest BCUT2D eigenvalue weighted by atomic mass is 35.5. The van der Waals surface area contributed by atoms with Gasteiger partial charge in [0.1, 0.15) is 0 Å². The van der Waals surface area contributed by atoms with Crippen molar-refractivity contribution in [2.24, 2.45) is 0 Å². The number of rotatable bonds is 5. The molecule has 0 atom stereocenters. The lowest BCUT2D eigenvalue weighted by Crippen LogP contribution is -2.34. The number of carbonyl (C=O) groups excluding carboxylic acids is 1. The van der Waals surface area contributed by atoms with E-state index in [-0.39, 0.29) is 30.7 Å². The number of hydrogen-bond donors (Lipinski definition) is 2. The molecule has 1 aromatic carbocycles. The molecule has 0 aromatic heterocycles. The smallest absolute Gasteiger partial charge is 0.224 e. The molecule has 1 heterocycles. The number of likely N-dealkylation sites (tertiary alicyclic amines) is 1. The average molecular weight is 320 g/mol. The van der Waals surface area contributed by atoms with Crippen LogP contribution >= 0.6 is 24.8 Å². The van der Waals surface area contributed by atoms with Gasteiger partial charge in [-0.3, -0.25) is 4.79 Å². The fraction of sp³-hybridized carbons (Fsp3) is 0.500. The van der Waals surface area contributed by atoms with E-state index in [1.807, 2.05) is 24.3 Å². The van der Waals surface area contributed by atoms with Crippen LogP contribution in [0.5, 0.6) is 0 Å². The number of nitrogens with one attached hydrogen (secondary N) is 1. The van der Waals surface area contributed by atoms with Crippen LogP contribution in [0.25, 0.3) is 0 Å². The second kappa shape index (κ2) is 9.86. The zero-order valence-electron chi connectivity index (χ0n) is 11.5. The maximum absolute atomic E-state index is 11.7. The molecule has 1 amide bonds. The minimum atomic E-state index is 0. The maximum atomic E-state index is 11.7. The summed E-state index contributed by atoms with van der Waals surface area (Å²) in [6, 6.07) is 7.45. The SMILES string of the molecule is Cl.Cl.Nc1ccc(CC(=O)NCCN2CCCC2)cc1. The predicted molar refractivity (Wildman–Crippen MR) is 87.7 cm³/mol. The normalized spacial score (nSPS) is 14.2. The van der Waals surface area contributed by atoms with Gasteiger partial charge in [-0.1, -0.05) is 12.1 Å². The van der Waals surface area contributed by atoms with Crippen LogP contribution in [0.3, 0.4) is 0 Å². The Morgan fingerprint density at radius 3 is 2.35 bits per heavy atom. The fourth-order valence-electron chi connectivity index (χ4n) is 2.24. The maximum Gasteiger partial charge on any atom is 0.224 e. The van der Waals surface area contributed by atoms with Crippen molar-refractivity contribution in [2.45, 2.75) is 19.3 Å². The zero-order valence-corrected chi connectivity index (χ0v) is 13.1. The second-order valence-electron chi connectivity index (χ2n) is 4.82. The van der Waals surface area contributed by atoms with Gasteiger partial charge in [0.15, 0.2) is 0 Å². The second-order valence-corrected chi connectivity index (χ2v) is 4.82. The van der Waals surface area contributed by atoms with Crippen LogP contribution in [0.15, 0.2) is 24.3 Å². The summed E-state index contributed by atoms with van der Waals surface area (Å²) in [4.78, 5) is 14.1. The molecule has 0 radical (unpaired) electrons. The number of benzene rings is 1. The van der Waals surface area contributed by atoms with Crippen molar-refractivity contribution in [3.63, 3.8) is 0 Å². The van der Waals surface area contributed by atoms with Gasteiger partial charge in [0.05, 0.1) is 6.42 Å². The largest absolute Gasteiger partial charge is 0.399 e. The molecule has 0 aliphatic carbocycles. The van der Waals surface area contributed by atoms with Crippen LogP contribution in [-0.4, -0.2) is 37.0 Å². The van der Waals surface area contributed by atoms with E-state index in [4.69, 9.17) is 5.73 Å². The van der Waals surface area contributed by atoms with E-state index < -0.39 is 0 Å². The van der Waals surface area contributed by atoms with E-state index in [2.05, 4.69) is 10.2 Å². The molecule has 0 unspecified atom stereocenters. The summed E-state index contributed by atoms with van der Waals surface area (Å²) in [7, 11) is 0. The van der Waals surface area contributed by atoms with Crippen LogP contribution in [0.4, 0.5) is 5.69 Å². The molecule has 6 heteroatoms. The number of anilines is 1. The molecule has 114 valence electrons. The standard InChI is InChI=1S/C14H21N3O.2ClH/c15-13-5-3-12(4-6-13)11-14(18)16-7-10-17-8-1-2-9-17;;/h3-6H,1-2,7-11,15H2,(H,16,18);2*1H. The minimum absolute atomic E-state index is 0. The Morgan fingerprint density at radius 2 is 1.75 bits per heavy atom. The molecule has 0 bridgehead atoms. The van der Waals surface area contributed by atoms with Crippen LogP contribution in [0.1, 0.15) is 18.4 Å². The summed E-state index contributed by atoms with van der Waals surface area (Å²) in [6.07, 6.45) is 3.01. The number of amides is 1. The Morgan fingerprint density at radius 1 is 1.15 bits per heavy atom. The summed E-state index contributed by atoms with van der Waals surface area (Å²) < 4.78 is 0. The van der Waals surface area contributed by atoms with Gasteiger partial charge in [-0.2, -0.15) is 0 Å². The van der Waals surface area contributed by atoms with Gasteiger partial charge < -0.3 is 16.0 Å². The first-order valence-corrected chi connectivity index (χ1v) is 6.57. The molecule has 0 spiro atoms. The van der Waals surface area contributed by atoms with Gasteiger partial charge >= 0.3 is 0 Å². The lowest BCUT2D eigenvalue weighted by molar-refractivity contribution is -0.120. The van der Waals surface area contributed by atoms with E-state index in [1.54, 1.807) is 0 Å². The average Bonchev–Trinajstić information content (AvgIpc) is 2.85. The van der Waals surface area contributed by atoms with Crippen molar-refractivity contribution in [2.75, 3.05) is 31.9 Å². The monoisotopic (exact) mass is 319 g/mol. The summed E-state index contributed by atoms with van der Waals surface area (Å²) in [5, 5.41) is 2.96. The lowest BCUT2D eigenvalue weighted by atomic mass is 10.1. The number of nitrogens with zero attached hydrogens (tertiary/aromatic N) is 1. The van der Waals surface area contributed by atoms with Crippen molar-refractivity contribution >= 4 is 36.4 Å². The molecule has 0 saturated carbocycles. The third-order valence-electron chi connectivity index (χ3n) is 3.29. The molecule has 1 fully saturated rings. The molecule has 1 aliphatic heterocycles. The first kappa shape index (κ1) is 19.0. The van der Waals surface area contributed by atoms with Crippen molar-refractivity contribution in [1.29, 1.82) is 0 Å². The van der Waals surface area contributed by atoms with Crippen molar-refractivity contribution in [3.8, 4) is 0 Å². The molecular weight excluding hydrogens is 297 g/mol. The van der Waals surface area contributed by atoms with Crippen LogP contribution in [0, 0.1) is 0 Å². The van der Waals surface area contributed by atoms with Crippen molar-refractivity contribution < 1.29 is 4.79 Å².